The highest BCUT2D eigenvalue weighted by molar-refractivity contribution is 8.13. The molecular weight excluding hydrogens is 538 g/mol. The van der Waals surface area contributed by atoms with Crippen molar-refractivity contribution in [2.45, 2.75) is 58.7 Å². The molecule has 0 spiro atoms. The number of methoxy groups -OCH3 is 1. The molecular formula is C27H31N5O7S. The number of hydrogen-bond donors (Lipinski definition) is 1. The lowest BCUT2D eigenvalue weighted by Gasteiger charge is -2.48. The van der Waals surface area contributed by atoms with Crippen LogP contribution in [0.5, 0.6) is 11.5 Å². The standard InChI is InChI=1S/C27H31N5O7S/c1-5-6-7-10-13-40-27-28-25(35)23-19-11-8-9-12-21(19)30(16(2)33)26(31(23)29-27)20-14-18(38-4)15-22(32(36)37)24(20)39-17(3)34/h8-9,11-12,14-15,23,26H,5-7,10,13H2,1-4H3,(H,28,29,35)/t23-,26-/m0/s1. The van der Waals surface area contributed by atoms with E-state index in [1.807, 2.05) is 0 Å². The maximum atomic E-state index is 13.6. The normalized spacial score (nSPS) is 17.8. The van der Waals surface area contributed by atoms with E-state index in [2.05, 4.69) is 12.2 Å². The van der Waals surface area contributed by atoms with E-state index in [1.165, 1.54) is 41.8 Å². The van der Waals surface area contributed by atoms with Crippen LogP contribution in [0.25, 0.3) is 0 Å². The second-order valence-electron chi connectivity index (χ2n) is 9.32. The van der Waals surface area contributed by atoms with Crippen molar-refractivity contribution in [1.29, 1.82) is 0 Å². The molecule has 4 rings (SSSR count). The molecule has 12 nitrogen and oxygen atoms in total. The summed E-state index contributed by atoms with van der Waals surface area (Å²) >= 11 is 1.38. The molecule has 2 aliphatic heterocycles. The Balaban J connectivity index is 1.94. The number of carbonyl (C=O) groups excluding carboxylic acids is 3. The molecule has 0 saturated carbocycles. The van der Waals surface area contributed by atoms with Crippen molar-refractivity contribution in [1.82, 2.24) is 10.3 Å². The molecule has 0 aliphatic carbocycles. The fraction of sp³-hybridized carbons (Fsp3) is 0.407. The highest BCUT2D eigenvalue weighted by Gasteiger charge is 2.48. The first-order valence-corrected chi connectivity index (χ1v) is 13.9. The topological polar surface area (TPSA) is 144 Å². The molecule has 0 radical (unpaired) electrons. The van der Waals surface area contributed by atoms with Crippen LogP contribution in [-0.4, -0.2) is 45.7 Å². The van der Waals surface area contributed by atoms with Crippen molar-refractivity contribution in [2.75, 3.05) is 17.8 Å². The number of nitrogens with one attached hydrogen (secondary N) is 1. The molecule has 2 aliphatic rings. The van der Waals surface area contributed by atoms with Crippen LogP contribution < -0.4 is 19.7 Å². The molecule has 0 fully saturated rings. The first kappa shape index (κ1) is 28.9. The van der Waals surface area contributed by atoms with Crippen molar-refractivity contribution < 1.29 is 28.8 Å². The van der Waals surface area contributed by atoms with Crippen molar-refractivity contribution in [2.24, 2.45) is 5.10 Å². The number of benzene rings is 2. The summed E-state index contributed by atoms with van der Waals surface area (Å²) < 4.78 is 10.7. The highest BCUT2D eigenvalue weighted by Crippen LogP contribution is 2.50. The van der Waals surface area contributed by atoms with E-state index in [4.69, 9.17) is 14.6 Å². The van der Waals surface area contributed by atoms with Gasteiger partial charge in [-0.1, -0.05) is 56.1 Å². The molecule has 2 atom stereocenters. The first-order valence-electron chi connectivity index (χ1n) is 12.9. The van der Waals surface area contributed by atoms with E-state index in [9.17, 15) is 24.5 Å². The maximum absolute atomic E-state index is 13.6. The largest absolute Gasteiger partial charge is 0.496 e. The van der Waals surface area contributed by atoms with Crippen LogP contribution >= 0.6 is 11.8 Å². The molecule has 2 heterocycles. The number of nitro groups is 1. The average Bonchev–Trinajstić information content (AvgIpc) is 2.91. The summed E-state index contributed by atoms with van der Waals surface area (Å²) in [5.74, 6) is -1.10. The van der Waals surface area contributed by atoms with E-state index in [1.54, 1.807) is 24.3 Å². The summed E-state index contributed by atoms with van der Waals surface area (Å²) in [5.41, 5.74) is 0.510. The summed E-state index contributed by atoms with van der Waals surface area (Å²) in [4.78, 5) is 51.7. The fourth-order valence-electron chi connectivity index (χ4n) is 4.84. The number of unbranched alkanes of at least 4 members (excludes halogenated alkanes) is 3. The molecule has 2 amide bonds. The molecule has 2 aromatic carbocycles. The van der Waals surface area contributed by atoms with Crippen molar-refractivity contribution in [3.63, 3.8) is 0 Å². The van der Waals surface area contributed by atoms with Gasteiger partial charge in [-0.15, -0.1) is 5.10 Å². The molecule has 0 saturated heterocycles. The van der Waals surface area contributed by atoms with Gasteiger partial charge < -0.3 is 14.8 Å². The summed E-state index contributed by atoms with van der Waals surface area (Å²) in [5, 5.41) is 21.5. The van der Waals surface area contributed by atoms with Crippen LogP contribution in [0, 0.1) is 10.1 Å². The number of rotatable bonds is 9. The third-order valence-electron chi connectivity index (χ3n) is 6.54. The highest BCUT2D eigenvalue weighted by atomic mass is 32.2. The van der Waals surface area contributed by atoms with Crippen LogP contribution in [0.1, 0.15) is 69.8 Å². The van der Waals surface area contributed by atoms with Crippen LogP contribution in [0.4, 0.5) is 11.4 Å². The zero-order valence-electron chi connectivity index (χ0n) is 22.7. The van der Waals surface area contributed by atoms with Gasteiger partial charge in [-0.05, 0) is 18.6 Å². The number of hydrogen-bond acceptors (Lipinski definition) is 10. The van der Waals surface area contributed by atoms with Gasteiger partial charge in [-0.2, -0.15) is 0 Å². The summed E-state index contributed by atoms with van der Waals surface area (Å²) in [6.07, 6.45) is 3.00. The van der Waals surface area contributed by atoms with Gasteiger partial charge in [0.05, 0.1) is 29.4 Å². The lowest BCUT2D eigenvalue weighted by molar-refractivity contribution is -0.385. The Kier molecular flexibility index (Phi) is 8.93. The Hall–Kier alpha value is -4.13. The lowest BCUT2D eigenvalue weighted by Crippen LogP contribution is -2.55. The van der Waals surface area contributed by atoms with Crippen LogP contribution in [0.3, 0.4) is 0 Å². The summed E-state index contributed by atoms with van der Waals surface area (Å²) in [6, 6.07) is 8.54. The number of ether oxygens (including phenoxy) is 2. The smallest absolute Gasteiger partial charge is 0.315 e. The Labute approximate surface area is 235 Å². The van der Waals surface area contributed by atoms with Gasteiger partial charge in [0.25, 0.3) is 5.91 Å². The van der Waals surface area contributed by atoms with E-state index in [-0.39, 0.29) is 23.0 Å². The van der Waals surface area contributed by atoms with Crippen LogP contribution in [-0.2, 0) is 14.4 Å². The number of anilines is 1. The van der Waals surface area contributed by atoms with Gasteiger partial charge in [0.2, 0.25) is 11.7 Å². The Morgan fingerprint density at radius 1 is 1.15 bits per heavy atom. The van der Waals surface area contributed by atoms with E-state index in [0.29, 0.717) is 16.4 Å². The average molecular weight is 570 g/mol. The number of nitrogens with zero attached hydrogens (tertiary/aromatic N) is 4. The van der Waals surface area contributed by atoms with Crippen molar-refractivity contribution in [3.8, 4) is 11.5 Å². The number of fused-ring (bicyclic) bond motifs is 3. The zero-order valence-corrected chi connectivity index (χ0v) is 23.5. The number of para-hydroxylation sites is 1. The Bertz CT molecular complexity index is 1360. The molecule has 2 aromatic rings. The van der Waals surface area contributed by atoms with Gasteiger partial charge in [0.15, 0.2) is 17.4 Å². The minimum atomic E-state index is -1.18. The van der Waals surface area contributed by atoms with Gasteiger partial charge in [0, 0.05) is 25.2 Å². The predicted octanol–water partition coefficient (Wildman–Crippen LogP) is 4.65. The number of carbonyl (C=O) groups is 3. The second-order valence-corrected chi connectivity index (χ2v) is 10.4. The number of nitro benzene ring substituents is 1. The Morgan fingerprint density at radius 2 is 1.90 bits per heavy atom. The van der Waals surface area contributed by atoms with E-state index >= 15 is 0 Å². The third kappa shape index (κ3) is 5.74. The number of esters is 1. The van der Waals surface area contributed by atoms with Gasteiger partial charge >= 0.3 is 11.7 Å². The molecule has 13 heteroatoms. The Morgan fingerprint density at radius 3 is 2.55 bits per heavy atom. The lowest BCUT2D eigenvalue weighted by atomic mass is 9.94. The summed E-state index contributed by atoms with van der Waals surface area (Å²) in [7, 11) is 1.34. The molecule has 0 unspecified atom stereocenters. The SMILES string of the molecule is CCCCCCSC1=NN2[C@H](C(=O)N1)c1ccccc1N(C(C)=O)[C@@H]2c1cc(OC)cc([N+](=O)[O-])c1OC(C)=O. The molecule has 1 N–H and O–H groups in total. The monoisotopic (exact) mass is 569 g/mol. The van der Waals surface area contributed by atoms with Crippen molar-refractivity contribution in [3.05, 3.63) is 57.6 Å². The maximum Gasteiger partial charge on any atom is 0.315 e. The number of hydrazone groups is 1. The van der Waals surface area contributed by atoms with Crippen LogP contribution in [0.15, 0.2) is 41.5 Å². The van der Waals surface area contributed by atoms with Gasteiger partial charge in [0.1, 0.15) is 5.75 Å². The molecule has 0 aromatic heterocycles. The van der Waals surface area contributed by atoms with Gasteiger partial charge in [-0.25, -0.2) is 0 Å². The van der Waals surface area contributed by atoms with Crippen molar-refractivity contribution >= 4 is 46.1 Å². The van der Waals surface area contributed by atoms with Gasteiger partial charge in [-0.3, -0.25) is 34.4 Å². The second kappa shape index (κ2) is 12.4. The minimum absolute atomic E-state index is 0.0710. The number of amides is 2. The van der Waals surface area contributed by atoms with E-state index < -0.39 is 34.7 Å². The molecule has 0 bridgehead atoms. The quantitative estimate of drug-likeness (QED) is 0.150. The predicted molar refractivity (Wildman–Crippen MR) is 150 cm³/mol. The number of thioether (sulfide) groups is 1. The van der Waals surface area contributed by atoms with Crippen LogP contribution in [0.2, 0.25) is 0 Å². The molecule has 40 heavy (non-hydrogen) atoms. The first-order chi connectivity index (χ1) is 19.2. The fourth-order valence-corrected chi connectivity index (χ4v) is 5.71. The number of amidine groups is 1. The minimum Gasteiger partial charge on any atom is -0.496 e. The summed E-state index contributed by atoms with van der Waals surface area (Å²) in [6.45, 7) is 4.60. The molecule has 212 valence electrons. The van der Waals surface area contributed by atoms with E-state index in [0.717, 1.165) is 44.4 Å². The third-order valence-corrected chi connectivity index (χ3v) is 7.49. The zero-order chi connectivity index (χ0) is 29.0.